The first kappa shape index (κ1) is 36.0. The Kier molecular flexibility index (Phi) is 10.7. The van der Waals surface area contributed by atoms with Crippen LogP contribution in [0.3, 0.4) is 0 Å². The molecule has 1 aromatic carbocycles. The van der Waals surface area contributed by atoms with Gasteiger partial charge in [-0.2, -0.15) is 13.2 Å². The molecule has 4 fully saturated rings. The fraction of sp³-hybridized carbons (Fsp3) is 0.735. The van der Waals surface area contributed by atoms with Gasteiger partial charge < -0.3 is 14.7 Å². The molecule has 1 aromatic rings. The Bertz CT molecular complexity index is 1230. The van der Waals surface area contributed by atoms with Gasteiger partial charge in [0.2, 0.25) is 5.91 Å². The monoisotopic (exact) mass is 655 g/mol. The van der Waals surface area contributed by atoms with E-state index in [-0.39, 0.29) is 46.1 Å². The minimum absolute atomic E-state index is 0.0291. The van der Waals surface area contributed by atoms with Gasteiger partial charge in [0, 0.05) is 44.2 Å². The zero-order chi connectivity index (χ0) is 34.1. The maximum Gasteiger partial charge on any atom is 0.490 e. The number of rotatable bonds is 5. The molecule has 3 aliphatic heterocycles. The number of benzene rings is 1. The van der Waals surface area contributed by atoms with Gasteiger partial charge in [-0.15, -0.1) is 0 Å². The lowest BCUT2D eigenvalue weighted by Gasteiger charge is -2.51. The molecular formula is C34H49F4N3O5. The number of nitrogens with zero attached hydrogens (tertiary/aromatic N) is 3. The molecule has 8 nitrogen and oxygen atoms in total. The Balaban J connectivity index is 0.000000617. The summed E-state index contributed by atoms with van der Waals surface area (Å²) in [5.41, 5.74) is 0.739. The number of ether oxygens (including phenoxy) is 1. The second-order valence-corrected chi connectivity index (χ2v) is 15.1. The van der Waals surface area contributed by atoms with Crippen LogP contribution in [0.15, 0.2) is 24.3 Å². The molecule has 258 valence electrons. The molecule has 3 heterocycles. The standard InChI is InChI=1S/C32H48FN3O3.C2HF3O2/c1-30(2,3)35-19-26(23-11-13-25(33)14-12-23)27(20-35)28(37)34-17-15-32(16-18-34,24-9-7-6-8-10-24)21-36-29(38)39-22-31(36,4)5;3-2(4,5)1(6)7/h11-14,24,26-27H,6-10,15-22H2,1-5H3;(H,6,7)/t26?,27-;/m0./s1. The van der Waals surface area contributed by atoms with Crippen molar-refractivity contribution in [1.82, 2.24) is 14.7 Å². The number of alkyl halides is 3. The van der Waals surface area contributed by atoms with Crippen LogP contribution in [0.4, 0.5) is 22.4 Å². The van der Waals surface area contributed by atoms with Gasteiger partial charge in [0.25, 0.3) is 0 Å². The molecule has 1 saturated carbocycles. The van der Waals surface area contributed by atoms with Crippen molar-refractivity contribution in [1.29, 1.82) is 0 Å². The van der Waals surface area contributed by atoms with Gasteiger partial charge in [-0.3, -0.25) is 14.6 Å². The van der Waals surface area contributed by atoms with Crippen molar-refractivity contribution < 1.29 is 41.8 Å². The number of carbonyl (C=O) groups excluding carboxylic acids is 2. The fourth-order valence-corrected chi connectivity index (χ4v) is 7.70. The maximum atomic E-state index is 14.2. The van der Waals surface area contributed by atoms with Crippen molar-refractivity contribution in [2.24, 2.45) is 17.3 Å². The molecule has 2 atom stereocenters. The van der Waals surface area contributed by atoms with E-state index in [9.17, 15) is 27.2 Å². The van der Waals surface area contributed by atoms with E-state index in [0.29, 0.717) is 12.5 Å². The highest BCUT2D eigenvalue weighted by Crippen LogP contribution is 2.48. The Morgan fingerprint density at radius 3 is 2.02 bits per heavy atom. The van der Waals surface area contributed by atoms with E-state index in [1.54, 1.807) is 0 Å². The number of hydrogen-bond donors (Lipinski definition) is 1. The zero-order valence-electron chi connectivity index (χ0n) is 27.7. The highest BCUT2D eigenvalue weighted by Gasteiger charge is 2.51. The lowest BCUT2D eigenvalue weighted by atomic mass is 9.63. The summed E-state index contributed by atoms with van der Waals surface area (Å²) in [6.45, 7) is 15.0. The van der Waals surface area contributed by atoms with Crippen LogP contribution in [0.5, 0.6) is 0 Å². The van der Waals surface area contributed by atoms with Gasteiger partial charge >= 0.3 is 18.2 Å². The van der Waals surface area contributed by atoms with Crippen LogP contribution in [0.25, 0.3) is 0 Å². The summed E-state index contributed by atoms with van der Waals surface area (Å²) in [5, 5.41) is 7.12. The molecule has 46 heavy (non-hydrogen) atoms. The molecule has 0 radical (unpaired) electrons. The van der Waals surface area contributed by atoms with Crippen molar-refractivity contribution in [2.45, 2.75) is 103 Å². The molecule has 2 amide bonds. The highest BCUT2D eigenvalue weighted by atomic mass is 19.4. The average Bonchev–Trinajstić information content (AvgIpc) is 3.55. The number of halogens is 4. The summed E-state index contributed by atoms with van der Waals surface area (Å²) >= 11 is 0. The van der Waals surface area contributed by atoms with E-state index < -0.39 is 12.1 Å². The maximum absolute atomic E-state index is 14.2. The molecule has 3 saturated heterocycles. The zero-order valence-corrected chi connectivity index (χ0v) is 27.7. The van der Waals surface area contributed by atoms with Crippen LogP contribution in [-0.4, -0.2) is 94.4 Å². The van der Waals surface area contributed by atoms with E-state index in [2.05, 4.69) is 44.4 Å². The molecule has 0 spiro atoms. The number of piperidine rings is 1. The van der Waals surface area contributed by atoms with E-state index >= 15 is 0 Å². The number of likely N-dealkylation sites (tertiary alicyclic amines) is 2. The van der Waals surface area contributed by atoms with Crippen molar-refractivity contribution in [3.05, 3.63) is 35.6 Å². The topological polar surface area (TPSA) is 90.4 Å². The number of carboxylic acid groups (broad SMARTS) is 1. The van der Waals surface area contributed by atoms with E-state index in [0.717, 1.165) is 51.1 Å². The Morgan fingerprint density at radius 2 is 1.54 bits per heavy atom. The number of cyclic esters (lactones) is 1. The fourth-order valence-electron chi connectivity index (χ4n) is 7.70. The quantitative estimate of drug-likeness (QED) is 0.356. The second kappa shape index (κ2) is 13.7. The molecule has 0 bridgehead atoms. The first-order valence-electron chi connectivity index (χ1n) is 16.4. The smallest absolute Gasteiger partial charge is 0.475 e. The largest absolute Gasteiger partial charge is 0.490 e. The predicted octanol–water partition coefficient (Wildman–Crippen LogP) is 6.69. The first-order valence-corrected chi connectivity index (χ1v) is 16.4. The Morgan fingerprint density at radius 1 is 0.978 bits per heavy atom. The average molecular weight is 656 g/mol. The number of amides is 2. The molecule has 1 N–H and O–H groups in total. The molecule has 1 unspecified atom stereocenters. The van der Waals surface area contributed by atoms with Crippen molar-refractivity contribution in [2.75, 3.05) is 39.3 Å². The summed E-state index contributed by atoms with van der Waals surface area (Å²) < 4.78 is 50.9. The van der Waals surface area contributed by atoms with Crippen LogP contribution in [-0.2, 0) is 14.3 Å². The summed E-state index contributed by atoms with van der Waals surface area (Å²) in [6.07, 6.45) is 2.83. The van der Waals surface area contributed by atoms with Gasteiger partial charge in [-0.25, -0.2) is 14.0 Å². The lowest BCUT2D eigenvalue weighted by molar-refractivity contribution is -0.192. The lowest BCUT2D eigenvalue weighted by Crippen LogP contribution is -2.55. The number of carboxylic acids is 1. The van der Waals surface area contributed by atoms with E-state index in [4.69, 9.17) is 14.6 Å². The van der Waals surface area contributed by atoms with Crippen LogP contribution >= 0.6 is 0 Å². The van der Waals surface area contributed by atoms with Crippen molar-refractivity contribution >= 4 is 18.0 Å². The summed E-state index contributed by atoms with van der Waals surface area (Å²) in [5.74, 6) is -2.26. The van der Waals surface area contributed by atoms with Crippen LogP contribution in [0.1, 0.15) is 91.0 Å². The molecule has 5 rings (SSSR count). The Labute approximate surface area is 269 Å². The minimum Gasteiger partial charge on any atom is -0.475 e. The minimum atomic E-state index is -5.08. The van der Waals surface area contributed by atoms with Crippen LogP contribution < -0.4 is 0 Å². The van der Waals surface area contributed by atoms with Crippen molar-refractivity contribution in [3.63, 3.8) is 0 Å². The molecule has 1 aliphatic carbocycles. The van der Waals surface area contributed by atoms with Gasteiger partial charge in [0.1, 0.15) is 12.4 Å². The van der Waals surface area contributed by atoms with Gasteiger partial charge in [0.05, 0.1) is 11.5 Å². The highest BCUT2D eigenvalue weighted by molar-refractivity contribution is 5.81. The van der Waals surface area contributed by atoms with E-state index in [1.807, 2.05) is 17.0 Å². The second-order valence-electron chi connectivity index (χ2n) is 15.1. The molecular weight excluding hydrogens is 606 g/mol. The normalized spacial score (nSPS) is 25.5. The van der Waals surface area contributed by atoms with Gasteiger partial charge in [0.15, 0.2) is 0 Å². The Hall–Kier alpha value is -2.89. The van der Waals surface area contributed by atoms with E-state index in [1.165, 1.54) is 44.2 Å². The van der Waals surface area contributed by atoms with Crippen molar-refractivity contribution in [3.8, 4) is 0 Å². The summed E-state index contributed by atoms with van der Waals surface area (Å²) in [4.78, 5) is 42.3. The van der Waals surface area contributed by atoms with Gasteiger partial charge in [-0.1, -0.05) is 31.4 Å². The summed E-state index contributed by atoms with van der Waals surface area (Å²) in [6, 6.07) is 6.74. The van der Waals surface area contributed by atoms with Gasteiger partial charge in [-0.05, 0) is 89.3 Å². The third-order valence-corrected chi connectivity index (χ3v) is 10.6. The van der Waals surface area contributed by atoms with Crippen LogP contribution in [0, 0.1) is 23.1 Å². The number of hydrogen-bond acceptors (Lipinski definition) is 5. The SMILES string of the molecule is CC(C)(C)N1CC(c2ccc(F)cc2)[C@@H](C(=O)N2CCC(CN3C(=O)OCC3(C)C)(C3CCCCC3)CC2)C1.O=C(O)C(F)(F)F. The number of carbonyl (C=O) groups is 3. The third kappa shape index (κ3) is 8.15. The predicted molar refractivity (Wildman–Crippen MR) is 165 cm³/mol. The molecule has 4 aliphatic rings. The molecule has 0 aromatic heterocycles. The van der Waals surface area contributed by atoms with Crippen LogP contribution in [0.2, 0.25) is 0 Å². The first-order chi connectivity index (χ1) is 21.3. The summed E-state index contributed by atoms with van der Waals surface area (Å²) in [7, 11) is 0. The molecule has 12 heteroatoms. The number of aliphatic carboxylic acids is 1. The third-order valence-electron chi connectivity index (χ3n) is 10.6.